The highest BCUT2D eigenvalue weighted by Crippen LogP contribution is 2.25. The third kappa shape index (κ3) is 3.71. The minimum Gasteiger partial charge on any atom is -0.384 e. The van der Waals surface area contributed by atoms with Gasteiger partial charge in [0.25, 0.3) is 5.91 Å². The highest BCUT2D eigenvalue weighted by Gasteiger charge is 2.28. The Bertz CT molecular complexity index is 774. The monoisotopic (exact) mass is 346 g/mol. The van der Waals surface area contributed by atoms with Gasteiger partial charge < -0.3 is 10.0 Å². The van der Waals surface area contributed by atoms with Crippen molar-refractivity contribution in [1.82, 2.24) is 19.9 Å². The van der Waals surface area contributed by atoms with Crippen LogP contribution in [0, 0.1) is 12.7 Å². The van der Waals surface area contributed by atoms with Gasteiger partial charge in [0, 0.05) is 13.1 Å². The van der Waals surface area contributed by atoms with Gasteiger partial charge in [-0.15, -0.1) is 5.10 Å². The maximum atomic E-state index is 14.0. The number of hydrogen-bond acceptors (Lipinski definition) is 4. The molecule has 7 heteroatoms. The lowest BCUT2D eigenvalue weighted by atomic mass is 10.0. The summed E-state index contributed by atoms with van der Waals surface area (Å²) in [5, 5.41) is 18.1. The number of likely N-dealkylation sites (tertiary alicyclic amines) is 1. The van der Waals surface area contributed by atoms with Gasteiger partial charge in [0.15, 0.2) is 0 Å². The van der Waals surface area contributed by atoms with Crippen molar-refractivity contribution in [3.63, 3.8) is 0 Å². The first kappa shape index (κ1) is 17.5. The fourth-order valence-corrected chi connectivity index (χ4v) is 3.03. The van der Waals surface area contributed by atoms with E-state index in [9.17, 15) is 14.3 Å². The Kier molecular flexibility index (Phi) is 4.60. The van der Waals surface area contributed by atoms with E-state index in [0.717, 1.165) is 5.56 Å². The highest BCUT2D eigenvalue weighted by atomic mass is 19.1. The van der Waals surface area contributed by atoms with Crippen LogP contribution in [0.15, 0.2) is 24.4 Å². The van der Waals surface area contributed by atoms with Gasteiger partial charge in [-0.2, -0.15) is 0 Å². The van der Waals surface area contributed by atoms with Crippen LogP contribution in [0.25, 0.3) is 0 Å². The average Bonchev–Trinajstić information content (AvgIpc) is 3.05. The summed E-state index contributed by atoms with van der Waals surface area (Å²) in [6, 6.07) is 4.80. The van der Waals surface area contributed by atoms with E-state index in [1.807, 2.05) is 0 Å². The standard InChI is InChI=1S/C18H23FN4O2/c1-12-4-5-14(15(19)10-12)17(24)22-8-6-13(7-9-22)23-11-16(20-21-23)18(2,3)25/h4-5,10-11,13,25H,6-9H2,1-3H3. The summed E-state index contributed by atoms with van der Waals surface area (Å²) >= 11 is 0. The van der Waals surface area contributed by atoms with Crippen molar-refractivity contribution in [3.05, 3.63) is 47.0 Å². The Morgan fingerprint density at radius 1 is 1.32 bits per heavy atom. The summed E-state index contributed by atoms with van der Waals surface area (Å²) in [6.45, 7) is 6.20. The van der Waals surface area contributed by atoms with Gasteiger partial charge in [-0.1, -0.05) is 11.3 Å². The zero-order chi connectivity index (χ0) is 18.2. The molecule has 0 radical (unpaired) electrons. The van der Waals surface area contributed by atoms with E-state index in [0.29, 0.717) is 31.6 Å². The Morgan fingerprint density at radius 2 is 2.00 bits per heavy atom. The number of nitrogens with zero attached hydrogens (tertiary/aromatic N) is 4. The predicted octanol–water partition coefficient (Wildman–Crippen LogP) is 2.43. The average molecular weight is 346 g/mol. The summed E-state index contributed by atoms with van der Waals surface area (Å²) in [5.41, 5.74) is 0.404. The second-order valence-corrected chi connectivity index (χ2v) is 7.15. The van der Waals surface area contributed by atoms with Crippen LogP contribution in [0.2, 0.25) is 0 Å². The maximum Gasteiger partial charge on any atom is 0.256 e. The quantitative estimate of drug-likeness (QED) is 0.927. The van der Waals surface area contributed by atoms with Gasteiger partial charge in [0.1, 0.15) is 17.1 Å². The molecule has 1 N–H and O–H groups in total. The first-order valence-corrected chi connectivity index (χ1v) is 8.46. The third-order valence-electron chi connectivity index (χ3n) is 4.62. The molecule has 1 aliphatic rings. The highest BCUT2D eigenvalue weighted by molar-refractivity contribution is 5.94. The number of amides is 1. The van der Waals surface area contributed by atoms with Crippen molar-refractivity contribution in [2.24, 2.45) is 0 Å². The molecule has 134 valence electrons. The molecule has 3 rings (SSSR count). The van der Waals surface area contributed by atoms with Crippen molar-refractivity contribution >= 4 is 5.91 Å². The first-order valence-electron chi connectivity index (χ1n) is 8.46. The summed E-state index contributed by atoms with van der Waals surface area (Å²) in [6.07, 6.45) is 3.18. The summed E-state index contributed by atoms with van der Waals surface area (Å²) in [4.78, 5) is 14.2. The molecule has 1 saturated heterocycles. The lowest BCUT2D eigenvalue weighted by molar-refractivity contribution is 0.0684. The van der Waals surface area contributed by atoms with Gasteiger partial charge in [-0.3, -0.25) is 4.79 Å². The van der Waals surface area contributed by atoms with Crippen molar-refractivity contribution in [2.45, 2.75) is 45.3 Å². The number of aromatic nitrogens is 3. The molecule has 0 bridgehead atoms. The van der Waals surface area contributed by atoms with Crippen LogP contribution >= 0.6 is 0 Å². The molecule has 1 amide bonds. The normalized spacial score (nSPS) is 16.3. The Balaban J connectivity index is 1.65. The molecular weight excluding hydrogens is 323 g/mol. The molecule has 2 heterocycles. The number of halogens is 1. The second kappa shape index (κ2) is 6.55. The van der Waals surface area contributed by atoms with E-state index in [-0.39, 0.29) is 17.5 Å². The van der Waals surface area contributed by atoms with Crippen LogP contribution in [-0.2, 0) is 5.60 Å². The van der Waals surface area contributed by atoms with Crippen LogP contribution < -0.4 is 0 Å². The second-order valence-electron chi connectivity index (χ2n) is 7.15. The number of rotatable bonds is 3. The van der Waals surface area contributed by atoms with Gasteiger partial charge in [-0.05, 0) is 51.3 Å². The van der Waals surface area contributed by atoms with Crippen molar-refractivity contribution in [3.8, 4) is 0 Å². The fourth-order valence-electron chi connectivity index (χ4n) is 3.03. The third-order valence-corrected chi connectivity index (χ3v) is 4.62. The van der Waals surface area contributed by atoms with Crippen LogP contribution in [0.5, 0.6) is 0 Å². The van der Waals surface area contributed by atoms with Crippen molar-refractivity contribution < 1.29 is 14.3 Å². The predicted molar refractivity (Wildman–Crippen MR) is 90.6 cm³/mol. The van der Waals surface area contributed by atoms with Crippen LogP contribution in [-0.4, -0.2) is 44.0 Å². The van der Waals surface area contributed by atoms with Gasteiger partial charge in [0.05, 0.1) is 17.8 Å². The first-order chi connectivity index (χ1) is 11.8. The number of carbonyl (C=O) groups excluding carboxylic acids is 1. The minimum absolute atomic E-state index is 0.120. The van der Waals surface area contributed by atoms with E-state index < -0.39 is 11.4 Å². The molecule has 0 unspecified atom stereocenters. The molecule has 0 saturated carbocycles. The Hall–Kier alpha value is -2.28. The maximum absolute atomic E-state index is 14.0. The molecule has 2 aromatic rings. The zero-order valence-electron chi connectivity index (χ0n) is 14.7. The van der Waals surface area contributed by atoms with Gasteiger partial charge in [0.2, 0.25) is 0 Å². The molecule has 0 aliphatic carbocycles. The molecule has 1 aromatic carbocycles. The van der Waals surface area contributed by atoms with Gasteiger partial charge in [-0.25, -0.2) is 9.07 Å². The number of carbonyl (C=O) groups is 1. The van der Waals surface area contributed by atoms with Gasteiger partial charge >= 0.3 is 0 Å². The minimum atomic E-state index is -1.03. The molecular formula is C18H23FN4O2. The van der Waals surface area contributed by atoms with E-state index in [1.54, 1.807) is 48.7 Å². The summed E-state index contributed by atoms with van der Waals surface area (Å²) < 4.78 is 15.8. The van der Waals surface area contributed by atoms with Crippen molar-refractivity contribution in [2.75, 3.05) is 13.1 Å². The van der Waals surface area contributed by atoms with Crippen molar-refractivity contribution in [1.29, 1.82) is 0 Å². The number of aryl methyl sites for hydroxylation is 1. The molecule has 1 aromatic heterocycles. The SMILES string of the molecule is Cc1ccc(C(=O)N2CCC(n3cc(C(C)(C)O)nn3)CC2)c(F)c1. The number of hydrogen-bond donors (Lipinski definition) is 1. The number of piperidine rings is 1. The molecule has 1 aliphatic heterocycles. The van der Waals surface area contributed by atoms with E-state index in [1.165, 1.54) is 6.07 Å². The Labute approximate surface area is 146 Å². The summed E-state index contributed by atoms with van der Waals surface area (Å²) in [7, 11) is 0. The molecule has 25 heavy (non-hydrogen) atoms. The lowest BCUT2D eigenvalue weighted by Crippen LogP contribution is -2.39. The fraction of sp³-hybridized carbons (Fsp3) is 0.500. The molecule has 1 fully saturated rings. The molecule has 0 atom stereocenters. The topological polar surface area (TPSA) is 71.2 Å². The number of benzene rings is 1. The lowest BCUT2D eigenvalue weighted by Gasteiger charge is -2.32. The number of aliphatic hydroxyl groups is 1. The van der Waals surface area contributed by atoms with Crippen LogP contribution in [0.4, 0.5) is 4.39 Å². The van der Waals surface area contributed by atoms with E-state index in [2.05, 4.69) is 10.3 Å². The van der Waals surface area contributed by atoms with E-state index in [4.69, 9.17) is 0 Å². The van der Waals surface area contributed by atoms with E-state index >= 15 is 0 Å². The van der Waals surface area contributed by atoms with Crippen LogP contribution in [0.1, 0.15) is 54.3 Å². The summed E-state index contributed by atoms with van der Waals surface area (Å²) in [5.74, 6) is -0.745. The molecule has 0 spiro atoms. The largest absolute Gasteiger partial charge is 0.384 e. The smallest absolute Gasteiger partial charge is 0.256 e. The molecule has 6 nitrogen and oxygen atoms in total. The van der Waals surface area contributed by atoms with Crippen LogP contribution in [0.3, 0.4) is 0 Å². The Morgan fingerprint density at radius 3 is 2.56 bits per heavy atom. The zero-order valence-corrected chi connectivity index (χ0v) is 14.7.